The van der Waals surface area contributed by atoms with E-state index in [1.165, 1.54) is 12.1 Å². The van der Waals surface area contributed by atoms with Crippen LogP contribution in [-0.2, 0) is 6.54 Å². The van der Waals surface area contributed by atoms with Crippen LogP contribution in [0.1, 0.15) is 23.3 Å². The SMILES string of the molecule is O=C(O)c1cc2c(F)cc(Br)cc2n1CC1CC1. The van der Waals surface area contributed by atoms with Crippen molar-refractivity contribution in [2.75, 3.05) is 0 Å². The number of rotatable bonds is 3. The minimum atomic E-state index is -1.01. The maximum atomic E-state index is 13.8. The normalized spacial score (nSPS) is 15.2. The van der Waals surface area contributed by atoms with Gasteiger partial charge in [-0.15, -0.1) is 0 Å². The quantitative estimate of drug-likeness (QED) is 0.940. The summed E-state index contributed by atoms with van der Waals surface area (Å²) < 4.78 is 16.2. The molecule has 94 valence electrons. The third kappa shape index (κ3) is 1.92. The number of aromatic nitrogens is 1. The number of carboxylic acid groups (broad SMARTS) is 1. The van der Waals surface area contributed by atoms with E-state index in [0.717, 1.165) is 12.8 Å². The van der Waals surface area contributed by atoms with E-state index in [-0.39, 0.29) is 5.69 Å². The fourth-order valence-electron chi connectivity index (χ4n) is 2.21. The van der Waals surface area contributed by atoms with Gasteiger partial charge in [0, 0.05) is 16.4 Å². The number of carboxylic acids is 1. The molecule has 1 heterocycles. The number of nitrogens with zero attached hydrogens (tertiary/aromatic N) is 1. The fourth-order valence-corrected chi connectivity index (χ4v) is 2.63. The summed E-state index contributed by atoms with van der Waals surface area (Å²) in [7, 11) is 0. The Morgan fingerprint density at radius 1 is 1.44 bits per heavy atom. The highest BCUT2D eigenvalue weighted by molar-refractivity contribution is 9.10. The maximum absolute atomic E-state index is 13.8. The Labute approximate surface area is 111 Å². The highest BCUT2D eigenvalue weighted by Crippen LogP contribution is 2.34. The summed E-state index contributed by atoms with van der Waals surface area (Å²) in [5, 5.41) is 9.58. The smallest absolute Gasteiger partial charge is 0.352 e. The number of aromatic carboxylic acids is 1. The van der Waals surface area contributed by atoms with Crippen LogP contribution in [0.15, 0.2) is 22.7 Å². The van der Waals surface area contributed by atoms with Gasteiger partial charge in [0.1, 0.15) is 11.5 Å². The number of benzene rings is 1. The molecule has 0 atom stereocenters. The minimum Gasteiger partial charge on any atom is -0.477 e. The number of halogens is 2. The molecule has 3 nitrogen and oxygen atoms in total. The van der Waals surface area contributed by atoms with Crippen LogP contribution in [0.4, 0.5) is 4.39 Å². The first-order valence-corrected chi connectivity index (χ1v) is 6.57. The Morgan fingerprint density at radius 3 is 2.78 bits per heavy atom. The van der Waals surface area contributed by atoms with Crippen LogP contribution in [-0.4, -0.2) is 15.6 Å². The van der Waals surface area contributed by atoms with Gasteiger partial charge < -0.3 is 9.67 Å². The molecular formula is C13H11BrFNO2. The van der Waals surface area contributed by atoms with E-state index in [4.69, 9.17) is 0 Å². The topological polar surface area (TPSA) is 42.2 Å². The summed E-state index contributed by atoms with van der Waals surface area (Å²) in [5.41, 5.74) is 0.806. The summed E-state index contributed by atoms with van der Waals surface area (Å²) in [6.45, 7) is 0.654. The molecule has 1 aliphatic rings. The van der Waals surface area contributed by atoms with E-state index in [9.17, 15) is 14.3 Å². The van der Waals surface area contributed by atoms with Gasteiger partial charge in [0.05, 0.1) is 5.52 Å². The Kier molecular flexibility index (Phi) is 2.66. The lowest BCUT2D eigenvalue weighted by Gasteiger charge is -2.07. The highest BCUT2D eigenvalue weighted by Gasteiger charge is 2.26. The lowest BCUT2D eigenvalue weighted by atomic mass is 10.2. The number of fused-ring (bicyclic) bond motifs is 1. The molecule has 0 unspecified atom stereocenters. The Morgan fingerprint density at radius 2 is 2.17 bits per heavy atom. The van der Waals surface area contributed by atoms with Gasteiger partial charge in [0.2, 0.25) is 0 Å². The molecule has 1 aliphatic carbocycles. The van der Waals surface area contributed by atoms with E-state index in [2.05, 4.69) is 15.9 Å². The summed E-state index contributed by atoms with van der Waals surface area (Å²) in [6.07, 6.45) is 2.24. The molecule has 1 saturated carbocycles. The lowest BCUT2D eigenvalue weighted by molar-refractivity contribution is 0.0685. The van der Waals surface area contributed by atoms with E-state index in [1.807, 2.05) is 0 Å². The monoisotopic (exact) mass is 311 g/mol. The van der Waals surface area contributed by atoms with Gasteiger partial charge in [-0.3, -0.25) is 0 Å². The molecule has 0 spiro atoms. The molecule has 1 N–H and O–H groups in total. The Bertz CT molecular complexity index is 646. The second-order valence-electron chi connectivity index (χ2n) is 4.71. The summed E-state index contributed by atoms with van der Waals surface area (Å²) in [6, 6.07) is 4.55. The predicted octanol–water partition coefficient (Wildman–Crippen LogP) is 3.65. The summed E-state index contributed by atoms with van der Waals surface area (Å²) in [4.78, 5) is 11.2. The molecule has 0 aliphatic heterocycles. The van der Waals surface area contributed by atoms with Crippen molar-refractivity contribution in [3.05, 3.63) is 34.2 Å². The molecule has 0 amide bonds. The van der Waals surface area contributed by atoms with Crippen molar-refractivity contribution in [3.8, 4) is 0 Å². The first kappa shape index (κ1) is 11.7. The Balaban J connectivity index is 2.25. The van der Waals surface area contributed by atoms with Crippen LogP contribution in [0, 0.1) is 11.7 Å². The van der Waals surface area contributed by atoms with E-state index < -0.39 is 11.8 Å². The second kappa shape index (κ2) is 4.09. The number of hydrogen-bond donors (Lipinski definition) is 1. The van der Waals surface area contributed by atoms with E-state index >= 15 is 0 Å². The number of hydrogen-bond acceptors (Lipinski definition) is 1. The average molecular weight is 312 g/mol. The van der Waals surface area contributed by atoms with Crippen molar-refractivity contribution >= 4 is 32.8 Å². The van der Waals surface area contributed by atoms with Crippen LogP contribution in [0.2, 0.25) is 0 Å². The summed E-state index contributed by atoms with van der Waals surface area (Å²) in [5.74, 6) is -0.875. The fraction of sp³-hybridized carbons (Fsp3) is 0.308. The molecule has 2 aromatic rings. The van der Waals surface area contributed by atoms with Gasteiger partial charge in [0.15, 0.2) is 0 Å². The molecule has 3 rings (SSSR count). The predicted molar refractivity (Wildman–Crippen MR) is 69.3 cm³/mol. The largest absolute Gasteiger partial charge is 0.477 e. The zero-order valence-corrected chi connectivity index (χ0v) is 11.1. The molecule has 1 aromatic carbocycles. The first-order valence-electron chi connectivity index (χ1n) is 5.78. The summed E-state index contributed by atoms with van der Waals surface area (Å²) >= 11 is 3.24. The van der Waals surface area contributed by atoms with Crippen molar-refractivity contribution < 1.29 is 14.3 Å². The van der Waals surface area contributed by atoms with Gasteiger partial charge in [-0.1, -0.05) is 15.9 Å². The maximum Gasteiger partial charge on any atom is 0.352 e. The van der Waals surface area contributed by atoms with E-state index in [0.29, 0.717) is 27.8 Å². The van der Waals surface area contributed by atoms with E-state index in [1.54, 1.807) is 10.6 Å². The van der Waals surface area contributed by atoms with Crippen molar-refractivity contribution in [1.29, 1.82) is 0 Å². The van der Waals surface area contributed by atoms with Crippen LogP contribution >= 0.6 is 15.9 Å². The van der Waals surface area contributed by atoms with Crippen LogP contribution in [0.25, 0.3) is 10.9 Å². The molecule has 5 heteroatoms. The number of carbonyl (C=O) groups is 1. The van der Waals surface area contributed by atoms with Crippen molar-refractivity contribution in [2.24, 2.45) is 5.92 Å². The van der Waals surface area contributed by atoms with Gasteiger partial charge in [-0.2, -0.15) is 0 Å². The molecule has 0 radical (unpaired) electrons. The molecule has 1 fully saturated rings. The van der Waals surface area contributed by atoms with Gasteiger partial charge in [-0.25, -0.2) is 9.18 Å². The third-order valence-electron chi connectivity index (χ3n) is 3.29. The average Bonchev–Trinajstić information content (AvgIpc) is 3.01. The lowest BCUT2D eigenvalue weighted by Crippen LogP contribution is -2.09. The third-order valence-corrected chi connectivity index (χ3v) is 3.75. The standard InChI is InChI=1S/C13H11BrFNO2/c14-8-3-10(15)9-5-12(13(17)18)16(11(9)4-8)6-7-1-2-7/h3-5,7H,1-2,6H2,(H,17,18). The molecule has 0 bridgehead atoms. The zero-order valence-electron chi connectivity index (χ0n) is 9.49. The van der Waals surface area contributed by atoms with Crippen molar-refractivity contribution in [3.63, 3.8) is 0 Å². The molecule has 18 heavy (non-hydrogen) atoms. The minimum absolute atomic E-state index is 0.161. The van der Waals surface area contributed by atoms with Gasteiger partial charge in [0.25, 0.3) is 0 Å². The van der Waals surface area contributed by atoms with Gasteiger partial charge >= 0.3 is 5.97 Å². The highest BCUT2D eigenvalue weighted by atomic mass is 79.9. The molecular weight excluding hydrogens is 301 g/mol. The second-order valence-corrected chi connectivity index (χ2v) is 5.62. The van der Waals surface area contributed by atoms with Crippen molar-refractivity contribution in [1.82, 2.24) is 4.57 Å². The van der Waals surface area contributed by atoms with Crippen LogP contribution in [0.5, 0.6) is 0 Å². The van der Waals surface area contributed by atoms with Crippen LogP contribution in [0.3, 0.4) is 0 Å². The van der Waals surface area contributed by atoms with Gasteiger partial charge in [-0.05, 0) is 37.0 Å². The van der Waals surface area contributed by atoms with Crippen LogP contribution < -0.4 is 0 Å². The molecule has 0 saturated heterocycles. The van der Waals surface area contributed by atoms with Crippen molar-refractivity contribution in [2.45, 2.75) is 19.4 Å². The zero-order chi connectivity index (χ0) is 12.9. The Hall–Kier alpha value is -1.36. The first-order chi connectivity index (χ1) is 8.56. The molecule has 1 aromatic heterocycles.